The third-order valence-corrected chi connectivity index (χ3v) is 1.80. The Morgan fingerprint density at radius 2 is 2.44 bits per heavy atom. The quantitative estimate of drug-likeness (QED) is 0.514. The third-order valence-electron chi connectivity index (χ3n) is 1.80. The van der Waals surface area contributed by atoms with Crippen LogP contribution < -0.4 is 0 Å². The highest BCUT2D eigenvalue weighted by Crippen LogP contribution is 2.11. The second kappa shape index (κ2) is 2.40. The van der Waals surface area contributed by atoms with Gasteiger partial charge in [-0.3, -0.25) is 0 Å². The second-order valence-electron chi connectivity index (χ2n) is 2.59. The molecule has 0 bridgehead atoms. The van der Waals surface area contributed by atoms with E-state index in [2.05, 4.69) is 4.90 Å². The van der Waals surface area contributed by atoms with Gasteiger partial charge in [-0.2, -0.15) is 0 Å². The van der Waals surface area contributed by atoms with Crippen molar-refractivity contribution in [3.05, 3.63) is 11.8 Å². The van der Waals surface area contributed by atoms with Crippen molar-refractivity contribution in [1.82, 2.24) is 4.90 Å². The zero-order chi connectivity index (χ0) is 6.85. The highest BCUT2D eigenvalue weighted by atomic mass is 16.3. The van der Waals surface area contributed by atoms with E-state index in [-0.39, 0.29) is 6.10 Å². The lowest BCUT2D eigenvalue weighted by Gasteiger charge is -2.26. The summed E-state index contributed by atoms with van der Waals surface area (Å²) in [5, 5.41) is 9.09. The minimum absolute atomic E-state index is 0.207. The van der Waals surface area contributed by atoms with Crippen LogP contribution in [0.15, 0.2) is 11.8 Å². The first-order valence-corrected chi connectivity index (χ1v) is 3.28. The second-order valence-corrected chi connectivity index (χ2v) is 2.59. The van der Waals surface area contributed by atoms with Crippen LogP contribution in [0.2, 0.25) is 0 Å². The van der Waals surface area contributed by atoms with Crippen LogP contribution in [0.4, 0.5) is 0 Å². The van der Waals surface area contributed by atoms with Gasteiger partial charge in [-0.1, -0.05) is 0 Å². The van der Waals surface area contributed by atoms with Gasteiger partial charge in [0.2, 0.25) is 0 Å². The molecule has 0 aromatic carbocycles. The van der Waals surface area contributed by atoms with Crippen LogP contribution in [-0.4, -0.2) is 29.7 Å². The Balaban J connectivity index is 2.61. The lowest BCUT2D eigenvalue weighted by Crippen LogP contribution is -2.26. The van der Waals surface area contributed by atoms with Gasteiger partial charge in [-0.25, -0.2) is 0 Å². The van der Waals surface area contributed by atoms with E-state index in [0.717, 1.165) is 13.0 Å². The fourth-order valence-corrected chi connectivity index (χ4v) is 0.991. The average Bonchev–Trinajstić information content (AvgIpc) is 1.80. The maximum Gasteiger partial charge on any atom is 0.0757 e. The van der Waals surface area contributed by atoms with Crippen LogP contribution in [-0.2, 0) is 0 Å². The fraction of sp³-hybridized carbons (Fsp3) is 0.714. The van der Waals surface area contributed by atoms with Crippen molar-refractivity contribution in [2.24, 2.45) is 0 Å². The van der Waals surface area contributed by atoms with Crippen molar-refractivity contribution in [3.8, 4) is 0 Å². The van der Waals surface area contributed by atoms with Crippen LogP contribution in [0.1, 0.15) is 13.3 Å². The molecule has 1 N–H and O–H groups in total. The maximum absolute atomic E-state index is 9.09. The number of hydrogen-bond donors (Lipinski definition) is 1. The molecule has 0 spiro atoms. The maximum atomic E-state index is 9.09. The third kappa shape index (κ3) is 1.45. The van der Waals surface area contributed by atoms with E-state index in [0.29, 0.717) is 0 Å². The number of nitrogens with zero attached hydrogens (tertiary/aromatic N) is 1. The summed E-state index contributed by atoms with van der Waals surface area (Å²) in [5.41, 5.74) is 1.17. The molecule has 52 valence electrons. The van der Waals surface area contributed by atoms with E-state index in [9.17, 15) is 0 Å². The number of rotatable bonds is 0. The van der Waals surface area contributed by atoms with Crippen molar-refractivity contribution < 1.29 is 5.11 Å². The summed E-state index contributed by atoms with van der Waals surface area (Å²) in [6.07, 6.45) is 2.55. The molecule has 0 amide bonds. The van der Waals surface area contributed by atoms with Crippen LogP contribution >= 0.6 is 0 Å². The molecular weight excluding hydrogens is 114 g/mol. The Bertz CT molecular complexity index is 131. The first kappa shape index (κ1) is 6.62. The number of aliphatic hydroxyl groups excluding tert-OH is 1. The summed E-state index contributed by atoms with van der Waals surface area (Å²) in [6.45, 7) is 2.99. The molecule has 1 aliphatic heterocycles. The van der Waals surface area contributed by atoms with Crippen molar-refractivity contribution in [3.63, 3.8) is 0 Å². The predicted octanol–water partition coefficient (Wildman–Crippen LogP) is 0.587. The summed E-state index contributed by atoms with van der Waals surface area (Å²) in [5.74, 6) is 0. The molecule has 1 unspecified atom stereocenters. The van der Waals surface area contributed by atoms with E-state index in [4.69, 9.17) is 5.11 Å². The van der Waals surface area contributed by atoms with Gasteiger partial charge in [0.15, 0.2) is 0 Å². The molecule has 0 fully saturated rings. The van der Waals surface area contributed by atoms with Crippen molar-refractivity contribution in [2.75, 3.05) is 13.6 Å². The summed E-state index contributed by atoms with van der Waals surface area (Å²) in [7, 11) is 2.04. The van der Waals surface area contributed by atoms with Crippen LogP contribution in [0.5, 0.6) is 0 Å². The van der Waals surface area contributed by atoms with Crippen LogP contribution in [0.25, 0.3) is 0 Å². The average molecular weight is 127 g/mol. The Labute approximate surface area is 55.8 Å². The number of aliphatic hydroxyl groups is 1. The summed E-state index contributed by atoms with van der Waals surface area (Å²) >= 11 is 0. The molecular formula is C7H13NO. The standard InChI is InChI=1S/C7H13NO/c1-6-5-7(9)3-4-8(6)2/h5,7,9H,3-4H2,1-2H3. The minimum atomic E-state index is -0.207. The number of hydrogen-bond acceptors (Lipinski definition) is 2. The van der Waals surface area contributed by atoms with Gasteiger partial charge in [-0.05, 0) is 19.4 Å². The topological polar surface area (TPSA) is 23.5 Å². The SMILES string of the molecule is CC1=CC(O)CCN1C. The number of allylic oxidation sites excluding steroid dienone is 1. The van der Waals surface area contributed by atoms with E-state index in [1.54, 1.807) is 0 Å². The first-order chi connectivity index (χ1) is 4.20. The Hall–Kier alpha value is -0.500. The molecule has 1 atom stereocenters. The molecule has 1 rings (SSSR count). The smallest absolute Gasteiger partial charge is 0.0757 e. The van der Waals surface area contributed by atoms with E-state index < -0.39 is 0 Å². The van der Waals surface area contributed by atoms with Gasteiger partial charge in [0.05, 0.1) is 6.10 Å². The molecule has 0 aromatic rings. The van der Waals surface area contributed by atoms with E-state index in [1.165, 1.54) is 5.70 Å². The molecule has 0 aromatic heterocycles. The Morgan fingerprint density at radius 3 is 2.89 bits per heavy atom. The van der Waals surface area contributed by atoms with E-state index in [1.807, 2.05) is 20.0 Å². The lowest BCUT2D eigenvalue weighted by molar-refractivity contribution is 0.179. The fourth-order valence-electron chi connectivity index (χ4n) is 0.991. The van der Waals surface area contributed by atoms with Gasteiger partial charge in [-0.15, -0.1) is 0 Å². The van der Waals surface area contributed by atoms with Gasteiger partial charge in [0.25, 0.3) is 0 Å². The van der Waals surface area contributed by atoms with Crippen molar-refractivity contribution >= 4 is 0 Å². The largest absolute Gasteiger partial charge is 0.389 e. The van der Waals surface area contributed by atoms with Crippen molar-refractivity contribution in [1.29, 1.82) is 0 Å². The highest BCUT2D eigenvalue weighted by molar-refractivity contribution is 5.04. The van der Waals surface area contributed by atoms with Gasteiger partial charge in [0, 0.05) is 19.3 Å². The van der Waals surface area contributed by atoms with Gasteiger partial charge in [0.1, 0.15) is 0 Å². The van der Waals surface area contributed by atoms with Gasteiger partial charge < -0.3 is 10.0 Å². The summed E-state index contributed by atoms with van der Waals surface area (Å²) in [4.78, 5) is 2.15. The van der Waals surface area contributed by atoms with Gasteiger partial charge >= 0.3 is 0 Å². The minimum Gasteiger partial charge on any atom is -0.389 e. The normalized spacial score (nSPS) is 28.1. The first-order valence-electron chi connectivity index (χ1n) is 3.28. The van der Waals surface area contributed by atoms with E-state index >= 15 is 0 Å². The molecule has 1 heterocycles. The predicted molar refractivity (Wildman–Crippen MR) is 37.0 cm³/mol. The zero-order valence-electron chi connectivity index (χ0n) is 5.96. The van der Waals surface area contributed by atoms with Crippen LogP contribution in [0.3, 0.4) is 0 Å². The highest BCUT2D eigenvalue weighted by Gasteiger charge is 2.10. The zero-order valence-corrected chi connectivity index (χ0v) is 5.96. The Morgan fingerprint density at radius 1 is 1.78 bits per heavy atom. The van der Waals surface area contributed by atoms with Crippen LogP contribution in [0, 0.1) is 0 Å². The molecule has 0 radical (unpaired) electrons. The van der Waals surface area contributed by atoms with Crippen molar-refractivity contribution in [2.45, 2.75) is 19.4 Å². The molecule has 2 nitrogen and oxygen atoms in total. The Kier molecular flexibility index (Phi) is 1.76. The molecule has 2 heteroatoms. The molecule has 0 saturated heterocycles. The molecule has 9 heavy (non-hydrogen) atoms. The summed E-state index contributed by atoms with van der Waals surface area (Å²) < 4.78 is 0. The summed E-state index contributed by atoms with van der Waals surface area (Å²) in [6, 6.07) is 0. The monoisotopic (exact) mass is 127 g/mol. The molecule has 1 aliphatic rings. The molecule has 0 saturated carbocycles. The molecule has 0 aliphatic carbocycles. The lowest BCUT2D eigenvalue weighted by atomic mass is 10.1.